The molecular formula is C14H30N2O. The van der Waals surface area contributed by atoms with Gasteiger partial charge in [0.2, 0.25) is 0 Å². The third-order valence-corrected chi connectivity index (χ3v) is 3.61. The first-order chi connectivity index (χ1) is 7.94. The molecule has 0 unspecified atom stereocenters. The van der Waals surface area contributed by atoms with E-state index in [0.717, 1.165) is 13.2 Å². The van der Waals surface area contributed by atoms with Gasteiger partial charge < -0.3 is 15.0 Å². The molecule has 1 rings (SSSR count). The highest BCUT2D eigenvalue weighted by Gasteiger charge is 2.23. The summed E-state index contributed by atoms with van der Waals surface area (Å²) >= 11 is 0. The van der Waals surface area contributed by atoms with Crippen LogP contribution in [0.1, 0.15) is 47.5 Å². The maximum absolute atomic E-state index is 5.71. The average Bonchev–Trinajstić information content (AvgIpc) is 2.27. The molecule has 0 amide bonds. The van der Waals surface area contributed by atoms with Gasteiger partial charge in [0, 0.05) is 25.2 Å². The first kappa shape index (κ1) is 14.9. The van der Waals surface area contributed by atoms with E-state index in [1.165, 1.54) is 25.9 Å². The molecule has 0 radical (unpaired) electrons. The second-order valence-electron chi connectivity index (χ2n) is 5.98. The van der Waals surface area contributed by atoms with Gasteiger partial charge in [0.25, 0.3) is 0 Å². The first-order valence-electron chi connectivity index (χ1n) is 7.06. The van der Waals surface area contributed by atoms with Crippen molar-refractivity contribution in [1.82, 2.24) is 10.2 Å². The van der Waals surface area contributed by atoms with Crippen LogP contribution in [0.4, 0.5) is 0 Å². The second-order valence-corrected chi connectivity index (χ2v) is 5.98. The Kier molecular flexibility index (Phi) is 5.90. The minimum Gasteiger partial charge on any atom is -0.375 e. The molecule has 17 heavy (non-hydrogen) atoms. The molecule has 0 aromatic carbocycles. The van der Waals surface area contributed by atoms with Gasteiger partial charge in [-0.15, -0.1) is 0 Å². The Balaban J connectivity index is 2.22. The highest BCUT2D eigenvalue weighted by molar-refractivity contribution is 4.81. The van der Waals surface area contributed by atoms with Gasteiger partial charge in [0.15, 0.2) is 0 Å². The molecule has 3 heteroatoms. The predicted molar refractivity (Wildman–Crippen MR) is 73.4 cm³/mol. The number of piperidine rings is 1. The molecule has 0 aromatic rings. The van der Waals surface area contributed by atoms with Crippen molar-refractivity contribution in [3.05, 3.63) is 0 Å². The number of hydrogen-bond donors (Lipinski definition) is 1. The normalized spacial score (nSPS) is 20.1. The van der Waals surface area contributed by atoms with Crippen molar-refractivity contribution in [1.29, 1.82) is 0 Å². The SMILES string of the molecule is CCOC(C)(C)CNC1CCN(C(C)C)CC1. The number of nitrogens with one attached hydrogen (secondary N) is 1. The largest absolute Gasteiger partial charge is 0.375 e. The van der Waals surface area contributed by atoms with Crippen molar-refractivity contribution >= 4 is 0 Å². The lowest BCUT2D eigenvalue weighted by molar-refractivity contribution is -0.0122. The minimum absolute atomic E-state index is 0.0378. The third-order valence-electron chi connectivity index (χ3n) is 3.61. The highest BCUT2D eigenvalue weighted by atomic mass is 16.5. The van der Waals surface area contributed by atoms with Crippen LogP contribution in [0, 0.1) is 0 Å². The Morgan fingerprint density at radius 3 is 2.35 bits per heavy atom. The van der Waals surface area contributed by atoms with E-state index in [1.54, 1.807) is 0 Å². The van der Waals surface area contributed by atoms with Gasteiger partial charge in [-0.2, -0.15) is 0 Å². The number of likely N-dealkylation sites (tertiary alicyclic amines) is 1. The van der Waals surface area contributed by atoms with Crippen molar-refractivity contribution in [2.75, 3.05) is 26.2 Å². The van der Waals surface area contributed by atoms with Crippen LogP contribution >= 0.6 is 0 Å². The maximum Gasteiger partial charge on any atom is 0.0750 e. The number of rotatable bonds is 6. The summed E-state index contributed by atoms with van der Waals surface area (Å²) in [4.78, 5) is 2.56. The summed E-state index contributed by atoms with van der Waals surface area (Å²) in [6, 6.07) is 1.36. The van der Waals surface area contributed by atoms with Crippen LogP contribution < -0.4 is 5.32 Å². The van der Waals surface area contributed by atoms with Crippen LogP contribution in [0.15, 0.2) is 0 Å². The van der Waals surface area contributed by atoms with Gasteiger partial charge >= 0.3 is 0 Å². The summed E-state index contributed by atoms with van der Waals surface area (Å²) in [6.07, 6.45) is 2.53. The summed E-state index contributed by atoms with van der Waals surface area (Å²) in [5, 5.41) is 3.65. The molecule has 0 aromatic heterocycles. The Morgan fingerprint density at radius 2 is 1.88 bits per heavy atom. The van der Waals surface area contributed by atoms with Crippen LogP contribution in [-0.4, -0.2) is 48.8 Å². The molecule has 1 heterocycles. The first-order valence-corrected chi connectivity index (χ1v) is 7.06. The van der Waals surface area contributed by atoms with Gasteiger partial charge in [-0.3, -0.25) is 0 Å². The summed E-state index contributed by atoms with van der Waals surface area (Å²) in [7, 11) is 0. The molecule has 1 aliphatic rings. The van der Waals surface area contributed by atoms with Crippen molar-refractivity contribution in [2.45, 2.75) is 65.1 Å². The van der Waals surface area contributed by atoms with Crippen molar-refractivity contribution < 1.29 is 4.74 Å². The zero-order valence-corrected chi connectivity index (χ0v) is 12.3. The van der Waals surface area contributed by atoms with E-state index in [2.05, 4.69) is 44.8 Å². The third kappa shape index (κ3) is 5.36. The fourth-order valence-electron chi connectivity index (χ4n) is 2.45. The summed E-state index contributed by atoms with van der Waals surface area (Å²) in [6.45, 7) is 15.1. The Labute approximate surface area is 107 Å². The molecule has 3 nitrogen and oxygen atoms in total. The fraction of sp³-hybridized carbons (Fsp3) is 1.00. The monoisotopic (exact) mass is 242 g/mol. The van der Waals surface area contributed by atoms with Gasteiger partial charge in [-0.05, 0) is 60.5 Å². The van der Waals surface area contributed by atoms with Crippen LogP contribution in [0.2, 0.25) is 0 Å². The maximum atomic E-state index is 5.71. The number of nitrogens with zero attached hydrogens (tertiary/aromatic N) is 1. The second kappa shape index (κ2) is 6.72. The van der Waals surface area contributed by atoms with Gasteiger partial charge in [-0.25, -0.2) is 0 Å². The van der Waals surface area contributed by atoms with Gasteiger partial charge in [0.1, 0.15) is 0 Å². The van der Waals surface area contributed by atoms with E-state index < -0.39 is 0 Å². The lowest BCUT2D eigenvalue weighted by atomic mass is 10.0. The Hall–Kier alpha value is -0.120. The summed E-state index contributed by atoms with van der Waals surface area (Å²) < 4.78 is 5.71. The molecule has 1 N–H and O–H groups in total. The van der Waals surface area contributed by atoms with Gasteiger partial charge in [-0.1, -0.05) is 0 Å². The van der Waals surface area contributed by atoms with Crippen LogP contribution in [0.3, 0.4) is 0 Å². The molecule has 0 atom stereocenters. The zero-order valence-electron chi connectivity index (χ0n) is 12.3. The Morgan fingerprint density at radius 1 is 1.29 bits per heavy atom. The molecule has 0 spiro atoms. The standard InChI is InChI=1S/C14H30N2O/c1-6-17-14(4,5)11-15-13-7-9-16(10-8-13)12(2)3/h12-13,15H,6-11H2,1-5H3. The van der Waals surface area contributed by atoms with Gasteiger partial charge in [0.05, 0.1) is 5.60 Å². The lowest BCUT2D eigenvalue weighted by Gasteiger charge is -2.36. The molecule has 1 fully saturated rings. The van der Waals surface area contributed by atoms with E-state index in [0.29, 0.717) is 12.1 Å². The van der Waals surface area contributed by atoms with Crippen LogP contribution in [0.5, 0.6) is 0 Å². The molecule has 1 aliphatic heterocycles. The quantitative estimate of drug-likeness (QED) is 0.773. The van der Waals surface area contributed by atoms with E-state index in [-0.39, 0.29) is 5.60 Å². The minimum atomic E-state index is -0.0378. The number of hydrogen-bond acceptors (Lipinski definition) is 3. The summed E-state index contributed by atoms with van der Waals surface area (Å²) in [5.41, 5.74) is -0.0378. The summed E-state index contributed by atoms with van der Waals surface area (Å²) in [5.74, 6) is 0. The van der Waals surface area contributed by atoms with E-state index in [4.69, 9.17) is 4.74 Å². The molecule has 102 valence electrons. The van der Waals surface area contributed by atoms with E-state index in [9.17, 15) is 0 Å². The van der Waals surface area contributed by atoms with Crippen molar-refractivity contribution in [3.63, 3.8) is 0 Å². The van der Waals surface area contributed by atoms with Crippen LogP contribution in [0.25, 0.3) is 0 Å². The fourth-order valence-corrected chi connectivity index (χ4v) is 2.45. The molecule has 0 bridgehead atoms. The Bertz CT molecular complexity index is 208. The molecule has 1 saturated heterocycles. The molecular weight excluding hydrogens is 212 g/mol. The average molecular weight is 242 g/mol. The van der Waals surface area contributed by atoms with E-state index >= 15 is 0 Å². The van der Waals surface area contributed by atoms with Crippen LogP contribution in [-0.2, 0) is 4.74 Å². The predicted octanol–water partition coefficient (Wildman–Crippen LogP) is 2.26. The van der Waals surface area contributed by atoms with E-state index in [1.807, 2.05) is 0 Å². The van der Waals surface area contributed by atoms with Crippen molar-refractivity contribution in [2.24, 2.45) is 0 Å². The van der Waals surface area contributed by atoms with Crippen molar-refractivity contribution in [3.8, 4) is 0 Å². The number of ether oxygens (including phenoxy) is 1. The smallest absolute Gasteiger partial charge is 0.0750 e. The topological polar surface area (TPSA) is 24.5 Å². The molecule has 0 aliphatic carbocycles. The highest BCUT2D eigenvalue weighted by Crippen LogP contribution is 2.14. The molecule has 0 saturated carbocycles. The zero-order chi connectivity index (χ0) is 12.9. The lowest BCUT2D eigenvalue weighted by Crippen LogP contribution is -2.48.